The van der Waals surface area contributed by atoms with Crippen LogP contribution in [-0.4, -0.2) is 40.7 Å². The molecule has 138 valence electrons. The minimum atomic E-state index is -0.267. The van der Waals surface area contributed by atoms with Gasteiger partial charge in [0.25, 0.3) is 0 Å². The van der Waals surface area contributed by atoms with E-state index in [0.29, 0.717) is 34.0 Å². The van der Waals surface area contributed by atoms with Gasteiger partial charge < -0.3 is 25.0 Å². The molecule has 0 aliphatic heterocycles. The van der Waals surface area contributed by atoms with Gasteiger partial charge in [-0.25, -0.2) is 0 Å². The van der Waals surface area contributed by atoms with Gasteiger partial charge in [0.15, 0.2) is 16.6 Å². The molecule has 2 aromatic rings. The molecule has 1 aromatic carbocycles. The summed E-state index contributed by atoms with van der Waals surface area (Å²) in [5.74, 6) is 1.13. The Labute approximate surface area is 156 Å². The number of methoxy groups -OCH3 is 2. The van der Waals surface area contributed by atoms with Crippen molar-refractivity contribution in [2.45, 2.75) is 13.5 Å². The van der Waals surface area contributed by atoms with Gasteiger partial charge in [-0.15, -0.1) is 0 Å². The zero-order chi connectivity index (χ0) is 19.1. The highest BCUT2D eigenvalue weighted by atomic mass is 32.1. The highest BCUT2D eigenvalue weighted by molar-refractivity contribution is 7.80. The molecule has 0 amide bonds. The van der Waals surface area contributed by atoms with Crippen LogP contribution in [0.15, 0.2) is 29.5 Å². The highest BCUT2D eigenvalue weighted by Crippen LogP contribution is 2.29. The van der Waals surface area contributed by atoms with Crippen molar-refractivity contribution in [1.29, 1.82) is 0 Å². The third-order valence-corrected chi connectivity index (χ3v) is 3.72. The van der Waals surface area contributed by atoms with Gasteiger partial charge in [0.05, 0.1) is 32.7 Å². The standard InChI is InChI=1S/C17H20N4O4S/c1-10-16(23)13(11(9-22)7-18-10)8-19-21-17(26)20-12-4-5-14(24-2)15(6-12)25-3/h4-8,22-23H,9H2,1-3H3,(H2,20,21,26)/b19-8+. The number of pyridine rings is 1. The van der Waals surface area contributed by atoms with Crippen LogP contribution >= 0.6 is 12.2 Å². The van der Waals surface area contributed by atoms with E-state index in [1.54, 1.807) is 39.3 Å². The van der Waals surface area contributed by atoms with E-state index >= 15 is 0 Å². The number of hydrazone groups is 1. The normalized spacial score (nSPS) is 10.6. The summed E-state index contributed by atoms with van der Waals surface area (Å²) in [6.45, 7) is 1.39. The molecular formula is C17H20N4O4S. The number of hydrogen-bond donors (Lipinski definition) is 4. The zero-order valence-corrected chi connectivity index (χ0v) is 15.4. The summed E-state index contributed by atoms with van der Waals surface area (Å²) in [6, 6.07) is 5.26. The number of rotatable bonds is 6. The van der Waals surface area contributed by atoms with Crippen LogP contribution < -0.4 is 20.2 Å². The third kappa shape index (κ3) is 4.58. The first-order valence-electron chi connectivity index (χ1n) is 7.60. The van der Waals surface area contributed by atoms with E-state index in [-0.39, 0.29) is 17.5 Å². The number of hydrogen-bond acceptors (Lipinski definition) is 7. The summed E-state index contributed by atoms with van der Waals surface area (Å²) in [5, 5.41) is 26.6. The second kappa shape index (κ2) is 8.97. The lowest BCUT2D eigenvalue weighted by Crippen LogP contribution is -2.24. The molecule has 9 heteroatoms. The molecule has 1 aromatic heterocycles. The lowest BCUT2D eigenvalue weighted by atomic mass is 10.1. The topological polar surface area (TPSA) is 108 Å². The van der Waals surface area contributed by atoms with Gasteiger partial charge in [-0.3, -0.25) is 10.4 Å². The van der Waals surface area contributed by atoms with E-state index in [0.717, 1.165) is 0 Å². The summed E-state index contributed by atoms with van der Waals surface area (Å²) < 4.78 is 10.4. The molecule has 26 heavy (non-hydrogen) atoms. The Morgan fingerprint density at radius 3 is 2.69 bits per heavy atom. The summed E-state index contributed by atoms with van der Waals surface area (Å²) in [4.78, 5) is 3.99. The molecule has 0 unspecified atom stereocenters. The molecule has 0 aliphatic carbocycles. The number of aromatic hydroxyl groups is 1. The van der Waals surface area contributed by atoms with E-state index in [1.807, 2.05) is 0 Å². The number of thiocarbonyl (C=S) groups is 1. The Morgan fingerprint density at radius 2 is 2.04 bits per heavy atom. The van der Waals surface area contributed by atoms with E-state index in [1.165, 1.54) is 12.4 Å². The number of ether oxygens (including phenoxy) is 2. The average molecular weight is 376 g/mol. The van der Waals surface area contributed by atoms with Crippen LogP contribution in [0.3, 0.4) is 0 Å². The van der Waals surface area contributed by atoms with Gasteiger partial charge in [-0.05, 0) is 31.3 Å². The van der Waals surface area contributed by atoms with Crippen LogP contribution in [0.2, 0.25) is 0 Å². The molecule has 0 saturated carbocycles. The fourth-order valence-electron chi connectivity index (χ4n) is 2.15. The van der Waals surface area contributed by atoms with Crippen molar-refractivity contribution in [2.75, 3.05) is 19.5 Å². The van der Waals surface area contributed by atoms with Crippen molar-refractivity contribution in [1.82, 2.24) is 10.4 Å². The molecule has 0 bridgehead atoms. The minimum absolute atomic E-state index is 0.0409. The second-order valence-corrected chi connectivity index (χ2v) is 5.59. The lowest BCUT2D eigenvalue weighted by Gasteiger charge is -2.11. The first-order chi connectivity index (χ1) is 12.5. The lowest BCUT2D eigenvalue weighted by molar-refractivity contribution is 0.280. The maximum atomic E-state index is 10.1. The van der Waals surface area contributed by atoms with Crippen molar-refractivity contribution >= 4 is 29.2 Å². The van der Waals surface area contributed by atoms with Crippen LogP contribution in [0, 0.1) is 6.92 Å². The van der Waals surface area contributed by atoms with Gasteiger partial charge >= 0.3 is 0 Å². The molecule has 1 heterocycles. The van der Waals surface area contributed by atoms with E-state index in [9.17, 15) is 10.2 Å². The van der Waals surface area contributed by atoms with E-state index in [4.69, 9.17) is 21.7 Å². The van der Waals surface area contributed by atoms with Gasteiger partial charge in [-0.2, -0.15) is 5.10 Å². The van der Waals surface area contributed by atoms with Crippen LogP contribution in [0.5, 0.6) is 17.2 Å². The molecule has 0 spiro atoms. The van der Waals surface area contributed by atoms with E-state index < -0.39 is 0 Å². The largest absolute Gasteiger partial charge is 0.505 e. The Bertz CT molecular complexity index is 827. The van der Waals surface area contributed by atoms with Crippen molar-refractivity contribution in [3.8, 4) is 17.2 Å². The predicted octanol–water partition coefficient (Wildman–Crippen LogP) is 1.93. The molecule has 0 saturated heterocycles. The smallest absolute Gasteiger partial charge is 0.191 e. The minimum Gasteiger partial charge on any atom is -0.505 e. The number of anilines is 1. The molecule has 0 radical (unpaired) electrons. The fraction of sp³-hybridized carbons (Fsp3) is 0.235. The van der Waals surface area contributed by atoms with Crippen LogP contribution in [0.4, 0.5) is 5.69 Å². The Balaban J connectivity index is 2.06. The number of aliphatic hydroxyl groups excluding tert-OH is 1. The Hall–Kier alpha value is -2.91. The van der Waals surface area contributed by atoms with Gasteiger partial charge in [-0.1, -0.05) is 0 Å². The van der Waals surface area contributed by atoms with Crippen molar-refractivity contribution in [2.24, 2.45) is 5.10 Å². The van der Waals surface area contributed by atoms with E-state index in [2.05, 4.69) is 20.8 Å². The van der Waals surface area contributed by atoms with Gasteiger partial charge in [0, 0.05) is 29.1 Å². The number of aliphatic hydroxyl groups is 1. The molecule has 0 aliphatic rings. The number of nitrogens with zero attached hydrogens (tertiary/aromatic N) is 2. The summed E-state index contributed by atoms with van der Waals surface area (Å²) in [6.07, 6.45) is 2.86. The van der Waals surface area contributed by atoms with Crippen molar-refractivity contribution < 1.29 is 19.7 Å². The third-order valence-electron chi connectivity index (χ3n) is 3.53. The number of benzene rings is 1. The van der Waals surface area contributed by atoms with Crippen LogP contribution in [-0.2, 0) is 6.61 Å². The Kier molecular flexibility index (Phi) is 6.70. The van der Waals surface area contributed by atoms with Crippen LogP contribution in [0.1, 0.15) is 16.8 Å². The quantitative estimate of drug-likeness (QED) is 0.344. The van der Waals surface area contributed by atoms with Crippen LogP contribution in [0.25, 0.3) is 0 Å². The van der Waals surface area contributed by atoms with Gasteiger partial charge in [0.2, 0.25) is 0 Å². The van der Waals surface area contributed by atoms with Gasteiger partial charge in [0.1, 0.15) is 5.75 Å². The fourth-order valence-corrected chi connectivity index (χ4v) is 2.32. The highest BCUT2D eigenvalue weighted by Gasteiger charge is 2.09. The van der Waals surface area contributed by atoms with Crippen molar-refractivity contribution in [3.63, 3.8) is 0 Å². The molecular weight excluding hydrogens is 356 g/mol. The molecule has 0 atom stereocenters. The summed E-state index contributed by atoms with van der Waals surface area (Å²) in [5.41, 5.74) is 4.61. The Morgan fingerprint density at radius 1 is 1.31 bits per heavy atom. The molecule has 2 rings (SSSR count). The zero-order valence-electron chi connectivity index (χ0n) is 14.6. The summed E-state index contributed by atoms with van der Waals surface area (Å²) in [7, 11) is 3.10. The number of aryl methyl sites for hydroxylation is 1. The molecule has 8 nitrogen and oxygen atoms in total. The predicted molar refractivity (Wildman–Crippen MR) is 103 cm³/mol. The summed E-state index contributed by atoms with van der Waals surface area (Å²) >= 11 is 5.18. The molecule has 4 N–H and O–H groups in total. The molecule has 0 fully saturated rings. The van der Waals surface area contributed by atoms with Crippen molar-refractivity contribution in [3.05, 3.63) is 41.2 Å². The maximum Gasteiger partial charge on any atom is 0.191 e. The number of nitrogens with one attached hydrogen (secondary N) is 2. The maximum absolute atomic E-state index is 10.1. The average Bonchev–Trinajstić information content (AvgIpc) is 2.65. The first kappa shape index (κ1) is 19.4. The monoisotopic (exact) mass is 376 g/mol. The second-order valence-electron chi connectivity index (χ2n) is 5.18. The number of aromatic nitrogens is 1. The SMILES string of the molecule is COc1ccc(NC(=S)N/N=C/c2c(CO)cnc(C)c2O)cc1OC. The first-order valence-corrected chi connectivity index (χ1v) is 8.01.